The lowest BCUT2D eigenvalue weighted by atomic mass is 9.99. The average Bonchev–Trinajstić information content (AvgIpc) is 3.14. The molecular weight excluding hydrogens is 296 g/mol. The number of ether oxygens (including phenoxy) is 1. The number of fused-ring (bicyclic) bond motifs is 1. The van der Waals surface area contributed by atoms with Gasteiger partial charge in [0.15, 0.2) is 0 Å². The fourth-order valence-corrected chi connectivity index (χ4v) is 3.00. The van der Waals surface area contributed by atoms with Crippen molar-refractivity contribution in [3.63, 3.8) is 0 Å². The molecule has 1 aliphatic rings. The third kappa shape index (κ3) is 3.12. The standard InChI is InChI=1S/C15H22N6O2/c1-4-21-14(12-7-10(2)23-11(3)13(12)19-21)15(22)16-5-6-20-8-17-18-9-20/h8-11H,4-7H2,1-3H3,(H,16,22)/t10-,11+/m0/s1. The number of carbonyl (C=O) groups excluding carboxylic acids is 1. The fraction of sp³-hybridized carbons (Fsp3) is 0.600. The first-order valence-electron chi connectivity index (χ1n) is 7.95. The SMILES string of the molecule is CCn1nc2c(c1C(=O)NCCn1cnnc1)C[C@H](C)O[C@@H]2C. The minimum Gasteiger partial charge on any atom is -0.369 e. The van der Waals surface area contributed by atoms with Crippen LogP contribution in [0.15, 0.2) is 12.7 Å². The van der Waals surface area contributed by atoms with Crippen LogP contribution in [0.3, 0.4) is 0 Å². The van der Waals surface area contributed by atoms with Crippen LogP contribution in [0, 0.1) is 0 Å². The second kappa shape index (κ2) is 6.49. The summed E-state index contributed by atoms with van der Waals surface area (Å²) < 4.78 is 9.41. The van der Waals surface area contributed by atoms with Crippen molar-refractivity contribution in [3.05, 3.63) is 29.6 Å². The number of rotatable bonds is 5. The maximum Gasteiger partial charge on any atom is 0.269 e. The van der Waals surface area contributed by atoms with Crippen LogP contribution in [-0.4, -0.2) is 43.1 Å². The first-order valence-corrected chi connectivity index (χ1v) is 7.95. The van der Waals surface area contributed by atoms with Crippen molar-refractivity contribution in [1.29, 1.82) is 0 Å². The van der Waals surface area contributed by atoms with Crippen molar-refractivity contribution in [2.75, 3.05) is 6.54 Å². The summed E-state index contributed by atoms with van der Waals surface area (Å²) in [5, 5.41) is 15.0. The van der Waals surface area contributed by atoms with Crippen molar-refractivity contribution >= 4 is 5.91 Å². The molecule has 8 heteroatoms. The van der Waals surface area contributed by atoms with E-state index in [0.717, 1.165) is 11.3 Å². The maximum atomic E-state index is 12.6. The number of aryl methyl sites for hydroxylation is 1. The molecule has 2 aromatic heterocycles. The number of hydrogen-bond acceptors (Lipinski definition) is 5. The third-order valence-electron chi connectivity index (χ3n) is 4.03. The predicted molar refractivity (Wildman–Crippen MR) is 82.9 cm³/mol. The molecule has 0 saturated carbocycles. The van der Waals surface area contributed by atoms with Gasteiger partial charge in [0.05, 0.1) is 17.9 Å². The van der Waals surface area contributed by atoms with Gasteiger partial charge in [0.2, 0.25) is 0 Å². The van der Waals surface area contributed by atoms with Gasteiger partial charge in [-0.2, -0.15) is 5.10 Å². The number of nitrogens with one attached hydrogen (secondary N) is 1. The first-order chi connectivity index (χ1) is 11.1. The molecule has 0 bridgehead atoms. The lowest BCUT2D eigenvalue weighted by molar-refractivity contribution is -0.00712. The maximum absolute atomic E-state index is 12.6. The van der Waals surface area contributed by atoms with Gasteiger partial charge in [0.25, 0.3) is 5.91 Å². The molecule has 124 valence electrons. The first kappa shape index (κ1) is 15.7. The van der Waals surface area contributed by atoms with Gasteiger partial charge >= 0.3 is 0 Å². The monoisotopic (exact) mass is 318 g/mol. The number of hydrogen-bond donors (Lipinski definition) is 1. The normalized spacial score (nSPS) is 20.3. The van der Waals surface area contributed by atoms with Crippen molar-refractivity contribution in [2.24, 2.45) is 0 Å². The molecule has 0 unspecified atom stereocenters. The highest BCUT2D eigenvalue weighted by Gasteiger charge is 2.31. The molecule has 0 saturated heterocycles. The molecule has 23 heavy (non-hydrogen) atoms. The van der Waals surface area contributed by atoms with Crippen LogP contribution >= 0.6 is 0 Å². The molecule has 0 fully saturated rings. The molecule has 2 aromatic rings. The van der Waals surface area contributed by atoms with Gasteiger partial charge < -0.3 is 14.6 Å². The Balaban J connectivity index is 1.76. The second-order valence-corrected chi connectivity index (χ2v) is 5.78. The Labute approximate surface area is 134 Å². The second-order valence-electron chi connectivity index (χ2n) is 5.78. The molecule has 1 aliphatic heterocycles. The van der Waals surface area contributed by atoms with Crippen LogP contribution in [-0.2, 0) is 24.2 Å². The molecule has 8 nitrogen and oxygen atoms in total. The third-order valence-corrected chi connectivity index (χ3v) is 4.03. The quantitative estimate of drug-likeness (QED) is 0.887. The summed E-state index contributed by atoms with van der Waals surface area (Å²) in [5.41, 5.74) is 2.56. The van der Waals surface area contributed by atoms with E-state index in [1.54, 1.807) is 17.3 Å². The van der Waals surface area contributed by atoms with Gasteiger partial charge in [0, 0.05) is 31.6 Å². The van der Waals surface area contributed by atoms with E-state index in [-0.39, 0.29) is 18.1 Å². The highest BCUT2D eigenvalue weighted by molar-refractivity contribution is 5.94. The summed E-state index contributed by atoms with van der Waals surface area (Å²) in [6, 6.07) is 0. The van der Waals surface area contributed by atoms with E-state index >= 15 is 0 Å². The Bertz CT molecular complexity index is 678. The molecule has 3 heterocycles. The van der Waals surface area contributed by atoms with E-state index in [2.05, 4.69) is 20.6 Å². The lowest BCUT2D eigenvalue weighted by Crippen LogP contribution is -2.31. The zero-order valence-electron chi connectivity index (χ0n) is 13.7. The Morgan fingerprint density at radius 3 is 2.83 bits per heavy atom. The molecular formula is C15H22N6O2. The summed E-state index contributed by atoms with van der Waals surface area (Å²) in [6.07, 6.45) is 3.99. The summed E-state index contributed by atoms with van der Waals surface area (Å²) >= 11 is 0. The van der Waals surface area contributed by atoms with Gasteiger partial charge in [-0.15, -0.1) is 10.2 Å². The van der Waals surface area contributed by atoms with Crippen molar-refractivity contribution < 1.29 is 9.53 Å². The van der Waals surface area contributed by atoms with Crippen LogP contribution in [0.4, 0.5) is 0 Å². The van der Waals surface area contributed by atoms with Gasteiger partial charge in [-0.3, -0.25) is 9.48 Å². The van der Waals surface area contributed by atoms with E-state index in [4.69, 9.17) is 4.74 Å². The van der Waals surface area contributed by atoms with Gasteiger partial charge in [0.1, 0.15) is 18.3 Å². The van der Waals surface area contributed by atoms with E-state index in [1.807, 2.05) is 25.3 Å². The Hall–Kier alpha value is -2.22. The number of aromatic nitrogens is 5. The van der Waals surface area contributed by atoms with E-state index in [0.29, 0.717) is 31.7 Å². The summed E-state index contributed by atoms with van der Waals surface area (Å²) in [4.78, 5) is 12.6. The summed E-state index contributed by atoms with van der Waals surface area (Å²) in [7, 11) is 0. The van der Waals surface area contributed by atoms with E-state index < -0.39 is 0 Å². The van der Waals surface area contributed by atoms with Crippen molar-refractivity contribution in [3.8, 4) is 0 Å². The number of nitrogens with zero attached hydrogens (tertiary/aromatic N) is 5. The van der Waals surface area contributed by atoms with Crippen molar-refractivity contribution in [2.45, 2.75) is 52.5 Å². The zero-order valence-corrected chi connectivity index (χ0v) is 13.7. The average molecular weight is 318 g/mol. The minimum absolute atomic E-state index is 0.0786. The molecule has 2 atom stereocenters. The van der Waals surface area contributed by atoms with Crippen LogP contribution in [0.1, 0.15) is 48.6 Å². The predicted octanol–water partition coefficient (Wildman–Crippen LogP) is 0.947. The Kier molecular flexibility index (Phi) is 4.42. The zero-order chi connectivity index (χ0) is 16.4. The van der Waals surface area contributed by atoms with Crippen LogP contribution in [0.2, 0.25) is 0 Å². The fourth-order valence-electron chi connectivity index (χ4n) is 3.00. The van der Waals surface area contributed by atoms with Gasteiger partial charge in [-0.25, -0.2) is 0 Å². The van der Waals surface area contributed by atoms with Gasteiger partial charge in [-0.05, 0) is 20.8 Å². The smallest absolute Gasteiger partial charge is 0.269 e. The lowest BCUT2D eigenvalue weighted by Gasteiger charge is -2.24. The van der Waals surface area contributed by atoms with Crippen LogP contribution in [0.25, 0.3) is 0 Å². The molecule has 0 radical (unpaired) electrons. The highest BCUT2D eigenvalue weighted by Crippen LogP contribution is 2.31. The Morgan fingerprint density at radius 2 is 2.13 bits per heavy atom. The number of amides is 1. The molecule has 0 aliphatic carbocycles. The highest BCUT2D eigenvalue weighted by atomic mass is 16.5. The van der Waals surface area contributed by atoms with E-state index in [9.17, 15) is 4.79 Å². The van der Waals surface area contributed by atoms with Gasteiger partial charge in [-0.1, -0.05) is 0 Å². The minimum atomic E-state index is -0.0880. The van der Waals surface area contributed by atoms with Crippen molar-refractivity contribution in [1.82, 2.24) is 29.9 Å². The number of carbonyl (C=O) groups is 1. The largest absolute Gasteiger partial charge is 0.369 e. The molecule has 0 aromatic carbocycles. The Morgan fingerprint density at radius 1 is 1.39 bits per heavy atom. The molecule has 1 N–H and O–H groups in total. The molecule has 1 amide bonds. The summed E-state index contributed by atoms with van der Waals surface area (Å²) in [5.74, 6) is -0.0880. The molecule has 3 rings (SSSR count). The molecule has 0 spiro atoms. The topological polar surface area (TPSA) is 86.9 Å². The summed E-state index contributed by atoms with van der Waals surface area (Å²) in [6.45, 7) is 7.80. The van der Waals surface area contributed by atoms with E-state index in [1.165, 1.54) is 0 Å². The van der Waals surface area contributed by atoms with Crippen LogP contribution in [0.5, 0.6) is 0 Å². The van der Waals surface area contributed by atoms with Crippen LogP contribution < -0.4 is 5.32 Å².